The summed E-state index contributed by atoms with van der Waals surface area (Å²) in [5.41, 5.74) is 7.88. The first-order valence-corrected chi connectivity index (χ1v) is 6.11. The zero-order valence-electron chi connectivity index (χ0n) is 11.4. The molecular formula is C11H20N4O4. The smallest absolute Gasteiger partial charge is 0.410 e. The van der Waals surface area contributed by atoms with Gasteiger partial charge in [-0.15, -0.1) is 0 Å². The Morgan fingerprint density at radius 1 is 1.68 bits per heavy atom. The number of morpholine rings is 1. The van der Waals surface area contributed by atoms with Crippen molar-refractivity contribution >= 4 is 6.09 Å². The van der Waals surface area contributed by atoms with E-state index in [1.54, 1.807) is 20.8 Å². The molecule has 8 heteroatoms. The van der Waals surface area contributed by atoms with Crippen LogP contribution in [0.1, 0.15) is 20.8 Å². The highest BCUT2D eigenvalue weighted by Crippen LogP contribution is 2.18. The maximum Gasteiger partial charge on any atom is 0.410 e. The summed E-state index contributed by atoms with van der Waals surface area (Å²) in [5, 5.41) is 12.7. The number of nitrogens with zero attached hydrogens (tertiary/aromatic N) is 4. The normalized spacial score (nSPS) is 21.5. The molecule has 1 heterocycles. The van der Waals surface area contributed by atoms with Crippen molar-refractivity contribution in [1.82, 2.24) is 4.90 Å². The maximum atomic E-state index is 12.1. The van der Waals surface area contributed by atoms with Crippen LogP contribution in [0.2, 0.25) is 0 Å². The molecule has 0 aliphatic carbocycles. The zero-order chi connectivity index (χ0) is 14.5. The zero-order valence-corrected chi connectivity index (χ0v) is 11.4. The number of ether oxygens (including phenoxy) is 2. The van der Waals surface area contributed by atoms with Crippen molar-refractivity contribution in [3.05, 3.63) is 10.4 Å². The summed E-state index contributed by atoms with van der Waals surface area (Å²) in [6.07, 6.45) is -0.493. The third-order valence-electron chi connectivity index (χ3n) is 2.62. The van der Waals surface area contributed by atoms with E-state index in [1.807, 2.05) is 0 Å². The molecule has 2 atom stereocenters. The number of aliphatic hydroxyl groups is 1. The van der Waals surface area contributed by atoms with Crippen LogP contribution in [-0.4, -0.2) is 60.1 Å². The molecule has 0 aromatic carbocycles. The number of azide groups is 1. The Kier molecular flexibility index (Phi) is 5.41. The number of amides is 1. The molecule has 0 saturated carbocycles. The molecule has 1 rings (SSSR count). The number of hydrogen-bond donors (Lipinski definition) is 1. The van der Waals surface area contributed by atoms with Gasteiger partial charge in [0, 0.05) is 11.5 Å². The Balaban J connectivity index is 2.82. The van der Waals surface area contributed by atoms with Gasteiger partial charge in [-0.3, -0.25) is 0 Å². The van der Waals surface area contributed by atoms with Gasteiger partial charge in [-0.1, -0.05) is 5.11 Å². The predicted molar refractivity (Wildman–Crippen MR) is 67.6 cm³/mol. The van der Waals surface area contributed by atoms with Gasteiger partial charge < -0.3 is 19.5 Å². The standard InChI is InChI=1S/C11H20N4O4/c1-11(2,3)19-10(17)15-4-5-18-7-9(15)8(6-16)13-14-12/h8-9,16H,4-7H2,1-3H3. The fourth-order valence-electron chi connectivity index (χ4n) is 1.79. The molecule has 0 bridgehead atoms. The summed E-state index contributed by atoms with van der Waals surface area (Å²) in [6.45, 7) is 5.92. The van der Waals surface area contributed by atoms with Crippen LogP contribution in [-0.2, 0) is 9.47 Å². The van der Waals surface area contributed by atoms with E-state index >= 15 is 0 Å². The van der Waals surface area contributed by atoms with Gasteiger partial charge in [-0.25, -0.2) is 4.79 Å². The monoisotopic (exact) mass is 272 g/mol. The molecule has 1 saturated heterocycles. The van der Waals surface area contributed by atoms with Crippen molar-refractivity contribution < 1.29 is 19.4 Å². The predicted octanol–water partition coefficient (Wildman–Crippen LogP) is 1.29. The first-order valence-electron chi connectivity index (χ1n) is 6.11. The third kappa shape index (κ3) is 4.59. The van der Waals surface area contributed by atoms with Crippen molar-refractivity contribution in [3.8, 4) is 0 Å². The molecule has 1 aliphatic rings. The molecule has 1 aliphatic heterocycles. The lowest BCUT2D eigenvalue weighted by Gasteiger charge is -2.38. The van der Waals surface area contributed by atoms with E-state index in [9.17, 15) is 9.90 Å². The lowest BCUT2D eigenvalue weighted by Crippen LogP contribution is -2.55. The van der Waals surface area contributed by atoms with Crippen LogP contribution in [0.5, 0.6) is 0 Å². The number of rotatable bonds is 3. The Hall–Kier alpha value is -1.50. The van der Waals surface area contributed by atoms with Crippen molar-refractivity contribution in [2.45, 2.75) is 38.5 Å². The summed E-state index contributed by atoms with van der Waals surface area (Å²) < 4.78 is 10.6. The van der Waals surface area contributed by atoms with Gasteiger partial charge in [-0.05, 0) is 26.3 Å². The summed E-state index contributed by atoms with van der Waals surface area (Å²) in [5.74, 6) is 0. The second kappa shape index (κ2) is 6.60. The van der Waals surface area contributed by atoms with Crippen molar-refractivity contribution in [3.63, 3.8) is 0 Å². The average Bonchev–Trinajstić information content (AvgIpc) is 2.34. The van der Waals surface area contributed by atoms with Crippen LogP contribution in [0.4, 0.5) is 4.79 Å². The molecule has 19 heavy (non-hydrogen) atoms. The van der Waals surface area contributed by atoms with Crippen LogP contribution < -0.4 is 0 Å². The van der Waals surface area contributed by atoms with Gasteiger partial charge in [0.15, 0.2) is 0 Å². The van der Waals surface area contributed by atoms with Gasteiger partial charge in [-0.2, -0.15) is 0 Å². The van der Waals surface area contributed by atoms with Crippen molar-refractivity contribution in [2.24, 2.45) is 5.11 Å². The molecular weight excluding hydrogens is 252 g/mol. The first kappa shape index (κ1) is 15.6. The second-order valence-corrected chi connectivity index (χ2v) is 5.27. The highest BCUT2D eigenvalue weighted by Gasteiger charge is 2.35. The average molecular weight is 272 g/mol. The molecule has 0 aromatic rings. The van der Waals surface area contributed by atoms with E-state index in [0.29, 0.717) is 13.2 Å². The topological polar surface area (TPSA) is 108 Å². The van der Waals surface area contributed by atoms with E-state index in [4.69, 9.17) is 15.0 Å². The second-order valence-electron chi connectivity index (χ2n) is 5.27. The van der Waals surface area contributed by atoms with Gasteiger partial charge in [0.25, 0.3) is 0 Å². The molecule has 2 unspecified atom stereocenters. The van der Waals surface area contributed by atoms with Gasteiger partial charge >= 0.3 is 6.09 Å². The molecule has 108 valence electrons. The lowest BCUT2D eigenvalue weighted by molar-refractivity contribution is -0.0415. The van der Waals surface area contributed by atoms with E-state index in [1.165, 1.54) is 4.90 Å². The van der Waals surface area contributed by atoms with Crippen LogP contribution in [0, 0.1) is 0 Å². The van der Waals surface area contributed by atoms with Crippen LogP contribution >= 0.6 is 0 Å². The number of carbonyl (C=O) groups is 1. The highest BCUT2D eigenvalue weighted by atomic mass is 16.6. The van der Waals surface area contributed by atoms with Gasteiger partial charge in [0.1, 0.15) is 5.60 Å². The molecule has 8 nitrogen and oxygen atoms in total. The minimum Gasteiger partial charge on any atom is -0.444 e. The molecule has 0 aromatic heterocycles. The Morgan fingerprint density at radius 3 is 2.89 bits per heavy atom. The van der Waals surface area contributed by atoms with E-state index in [0.717, 1.165) is 0 Å². The van der Waals surface area contributed by atoms with E-state index < -0.39 is 23.8 Å². The molecule has 0 radical (unpaired) electrons. The van der Waals surface area contributed by atoms with Crippen LogP contribution in [0.3, 0.4) is 0 Å². The fourth-order valence-corrected chi connectivity index (χ4v) is 1.79. The molecule has 1 fully saturated rings. The molecule has 1 amide bonds. The molecule has 1 N–H and O–H groups in total. The van der Waals surface area contributed by atoms with E-state index in [-0.39, 0.29) is 13.2 Å². The number of hydrogen-bond acceptors (Lipinski definition) is 5. The quantitative estimate of drug-likeness (QED) is 0.474. The third-order valence-corrected chi connectivity index (χ3v) is 2.62. The van der Waals surface area contributed by atoms with Gasteiger partial charge in [0.2, 0.25) is 0 Å². The summed E-state index contributed by atoms with van der Waals surface area (Å²) in [6, 6.07) is -1.25. The largest absolute Gasteiger partial charge is 0.444 e. The Labute approximate surface area is 111 Å². The number of carbonyl (C=O) groups excluding carboxylic acids is 1. The highest BCUT2D eigenvalue weighted by molar-refractivity contribution is 5.68. The number of aliphatic hydroxyl groups excluding tert-OH is 1. The van der Waals surface area contributed by atoms with Crippen molar-refractivity contribution in [2.75, 3.05) is 26.4 Å². The van der Waals surface area contributed by atoms with Gasteiger partial charge in [0.05, 0.1) is 31.9 Å². The van der Waals surface area contributed by atoms with Crippen LogP contribution in [0.25, 0.3) is 10.4 Å². The summed E-state index contributed by atoms with van der Waals surface area (Å²) >= 11 is 0. The summed E-state index contributed by atoms with van der Waals surface area (Å²) in [7, 11) is 0. The Morgan fingerprint density at radius 2 is 2.37 bits per heavy atom. The van der Waals surface area contributed by atoms with E-state index in [2.05, 4.69) is 10.0 Å². The Bertz CT molecular complexity index is 362. The minimum atomic E-state index is -0.738. The SMILES string of the molecule is CC(C)(C)OC(=O)N1CCOCC1C(CO)N=[N+]=[N-]. The van der Waals surface area contributed by atoms with Crippen LogP contribution in [0.15, 0.2) is 5.11 Å². The lowest BCUT2D eigenvalue weighted by atomic mass is 10.1. The summed E-state index contributed by atoms with van der Waals surface area (Å²) in [4.78, 5) is 16.2. The fraction of sp³-hybridized carbons (Fsp3) is 0.909. The minimum absolute atomic E-state index is 0.212. The molecule has 0 spiro atoms. The maximum absolute atomic E-state index is 12.1. The first-order chi connectivity index (χ1) is 8.89. The van der Waals surface area contributed by atoms with Crippen molar-refractivity contribution in [1.29, 1.82) is 0 Å².